The highest BCUT2D eigenvalue weighted by molar-refractivity contribution is 5.80. The molecular weight excluding hydrogens is 305 g/mol. The molecule has 1 N–H and O–H groups in total. The molecule has 1 saturated heterocycles. The van der Waals surface area contributed by atoms with Crippen LogP contribution in [0.4, 0.5) is 4.39 Å². The number of benzene rings is 1. The second-order valence-corrected chi connectivity index (χ2v) is 7.48. The summed E-state index contributed by atoms with van der Waals surface area (Å²) in [5, 5.41) is 3.72. The smallest absolute Gasteiger partial charge is 0.193 e. The van der Waals surface area contributed by atoms with E-state index in [0.717, 1.165) is 24.6 Å². The topological polar surface area (TPSA) is 36.9 Å². The van der Waals surface area contributed by atoms with Crippen LogP contribution in [0.5, 0.6) is 0 Å². The Kier molecular flexibility index (Phi) is 3.99. The molecule has 0 aromatic heterocycles. The van der Waals surface area contributed by atoms with Crippen LogP contribution in [-0.2, 0) is 11.3 Å². The maximum Gasteiger partial charge on any atom is 0.193 e. The number of aliphatic imine (C=N–C) groups is 1. The molecule has 3 aliphatic rings. The minimum atomic E-state index is -0.197. The molecule has 4 rings (SSSR count). The number of rotatable bonds is 3. The summed E-state index contributed by atoms with van der Waals surface area (Å²) in [7, 11) is 3.87. The van der Waals surface area contributed by atoms with E-state index >= 15 is 0 Å². The number of hydrogen-bond donors (Lipinski definition) is 1. The Hall–Kier alpha value is -1.62. The van der Waals surface area contributed by atoms with Crippen LogP contribution in [0.2, 0.25) is 0 Å². The molecule has 130 valence electrons. The van der Waals surface area contributed by atoms with Crippen LogP contribution in [0.25, 0.3) is 0 Å². The van der Waals surface area contributed by atoms with Crippen LogP contribution in [0.15, 0.2) is 29.3 Å². The molecule has 1 heterocycles. The Bertz CT molecular complexity index is 626. The van der Waals surface area contributed by atoms with Crippen LogP contribution in [0.3, 0.4) is 0 Å². The number of fused-ring (bicyclic) bond motifs is 2. The average Bonchev–Trinajstić information content (AvgIpc) is 2.94. The largest absolute Gasteiger partial charge is 0.377 e. The number of nitrogens with zero attached hydrogens (tertiary/aromatic N) is 2. The van der Waals surface area contributed by atoms with Crippen LogP contribution >= 0.6 is 0 Å². The maximum absolute atomic E-state index is 13.1. The Balaban J connectivity index is 1.43. The van der Waals surface area contributed by atoms with Gasteiger partial charge in [0.2, 0.25) is 0 Å². The van der Waals surface area contributed by atoms with E-state index in [1.165, 1.54) is 31.4 Å². The lowest BCUT2D eigenvalue weighted by Gasteiger charge is -2.63. The average molecular weight is 331 g/mol. The van der Waals surface area contributed by atoms with E-state index < -0.39 is 0 Å². The van der Waals surface area contributed by atoms with Crippen molar-refractivity contribution in [3.63, 3.8) is 0 Å². The molecule has 1 aromatic carbocycles. The summed E-state index contributed by atoms with van der Waals surface area (Å²) in [6.45, 7) is 1.61. The first-order chi connectivity index (χ1) is 11.6. The summed E-state index contributed by atoms with van der Waals surface area (Å²) >= 11 is 0. The van der Waals surface area contributed by atoms with Gasteiger partial charge in [-0.25, -0.2) is 4.39 Å². The van der Waals surface area contributed by atoms with Crippen LogP contribution < -0.4 is 5.32 Å². The first-order valence-corrected chi connectivity index (χ1v) is 8.94. The summed E-state index contributed by atoms with van der Waals surface area (Å²) in [4.78, 5) is 6.59. The van der Waals surface area contributed by atoms with E-state index in [4.69, 9.17) is 4.74 Å². The fraction of sp³-hybridized carbons (Fsp3) is 0.632. The molecule has 0 radical (unpaired) electrons. The number of halogens is 1. The highest BCUT2D eigenvalue weighted by Crippen LogP contribution is 2.62. The van der Waals surface area contributed by atoms with Crippen molar-refractivity contribution in [3.05, 3.63) is 35.6 Å². The Morgan fingerprint density at radius 2 is 2.12 bits per heavy atom. The molecule has 3 fully saturated rings. The lowest BCUT2D eigenvalue weighted by Crippen LogP contribution is -2.72. The number of ether oxygens (including phenoxy) is 1. The minimum Gasteiger partial charge on any atom is -0.377 e. The monoisotopic (exact) mass is 331 g/mol. The van der Waals surface area contributed by atoms with Gasteiger partial charge in [-0.2, -0.15) is 0 Å². The zero-order chi connectivity index (χ0) is 16.7. The zero-order valence-electron chi connectivity index (χ0n) is 14.5. The highest BCUT2D eigenvalue weighted by Gasteiger charge is 2.66. The third-order valence-electron chi connectivity index (χ3n) is 6.23. The Labute approximate surface area is 143 Å². The molecule has 24 heavy (non-hydrogen) atoms. The van der Waals surface area contributed by atoms with Crippen molar-refractivity contribution in [2.24, 2.45) is 16.3 Å². The lowest BCUT2D eigenvalue weighted by atomic mass is 9.46. The van der Waals surface area contributed by atoms with Crippen LogP contribution in [0.1, 0.15) is 31.2 Å². The van der Waals surface area contributed by atoms with Crippen molar-refractivity contribution in [1.29, 1.82) is 0 Å². The van der Waals surface area contributed by atoms with E-state index in [1.54, 1.807) is 0 Å². The predicted molar refractivity (Wildman–Crippen MR) is 92.3 cm³/mol. The third-order valence-corrected chi connectivity index (χ3v) is 6.23. The van der Waals surface area contributed by atoms with Gasteiger partial charge in [0.1, 0.15) is 5.82 Å². The van der Waals surface area contributed by atoms with Crippen molar-refractivity contribution < 1.29 is 9.13 Å². The summed E-state index contributed by atoms with van der Waals surface area (Å²) < 4.78 is 19.1. The molecule has 1 aliphatic heterocycles. The summed E-state index contributed by atoms with van der Waals surface area (Å²) in [5.74, 6) is 1.35. The van der Waals surface area contributed by atoms with Crippen molar-refractivity contribution in [2.45, 2.75) is 44.4 Å². The zero-order valence-corrected chi connectivity index (χ0v) is 14.5. The minimum absolute atomic E-state index is 0.197. The molecule has 4 nitrogen and oxygen atoms in total. The molecule has 1 spiro atoms. The molecule has 0 bridgehead atoms. The van der Waals surface area contributed by atoms with E-state index in [2.05, 4.69) is 15.2 Å². The van der Waals surface area contributed by atoms with Crippen molar-refractivity contribution >= 4 is 5.96 Å². The van der Waals surface area contributed by atoms with Gasteiger partial charge in [-0.05, 0) is 37.0 Å². The van der Waals surface area contributed by atoms with Crippen molar-refractivity contribution in [1.82, 2.24) is 10.2 Å². The van der Waals surface area contributed by atoms with Gasteiger partial charge < -0.3 is 15.0 Å². The Morgan fingerprint density at radius 1 is 1.38 bits per heavy atom. The first-order valence-electron chi connectivity index (χ1n) is 8.94. The van der Waals surface area contributed by atoms with E-state index in [-0.39, 0.29) is 5.82 Å². The molecule has 2 saturated carbocycles. The number of guanidine groups is 1. The second kappa shape index (κ2) is 6.03. The second-order valence-electron chi connectivity index (χ2n) is 7.48. The maximum atomic E-state index is 13.1. The fourth-order valence-corrected chi connectivity index (χ4v) is 4.88. The predicted octanol–water partition coefficient (Wildman–Crippen LogP) is 2.79. The molecule has 3 atom stereocenters. The van der Waals surface area contributed by atoms with Gasteiger partial charge in [-0.1, -0.05) is 18.6 Å². The van der Waals surface area contributed by atoms with Gasteiger partial charge in [0.25, 0.3) is 0 Å². The standard InChI is InChI=1S/C19H26FN3O/c1-21-18(23(2)12-13-4-6-14(20)7-5-13)22-16-15-8-11-24-17(15)19(16)9-3-10-19/h4-7,15-17H,3,8-12H2,1-2H3,(H,21,22). The van der Waals surface area contributed by atoms with Gasteiger partial charge in [0.05, 0.1) is 6.10 Å². The highest BCUT2D eigenvalue weighted by atomic mass is 19.1. The number of nitrogens with one attached hydrogen (secondary N) is 1. The number of hydrogen-bond acceptors (Lipinski definition) is 2. The van der Waals surface area contributed by atoms with Gasteiger partial charge >= 0.3 is 0 Å². The Morgan fingerprint density at radius 3 is 2.75 bits per heavy atom. The summed E-state index contributed by atoms with van der Waals surface area (Å²) in [6, 6.07) is 7.16. The van der Waals surface area contributed by atoms with E-state index in [0.29, 0.717) is 30.0 Å². The molecule has 1 aromatic rings. The molecule has 2 aliphatic carbocycles. The van der Waals surface area contributed by atoms with Gasteiger partial charge in [0, 0.05) is 44.6 Å². The van der Waals surface area contributed by atoms with Crippen LogP contribution in [-0.4, -0.2) is 43.7 Å². The lowest BCUT2D eigenvalue weighted by molar-refractivity contribution is -0.171. The van der Waals surface area contributed by atoms with Crippen molar-refractivity contribution in [3.8, 4) is 0 Å². The summed E-state index contributed by atoms with van der Waals surface area (Å²) in [5.41, 5.74) is 1.42. The fourth-order valence-electron chi connectivity index (χ4n) is 4.88. The quantitative estimate of drug-likeness (QED) is 0.683. The molecule has 0 amide bonds. The SMILES string of the molecule is CN=C(NC1C2CCOC2C12CCC2)N(C)Cc1ccc(F)cc1. The summed E-state index contributed by atoms with van der Waals surface area (Å²) in [6.07, 6.45) is 5.47. The van der Waals surface area contributed by atoms with Crippen LogP contribution in [0, 0.1) is 17.2 Å². The van der Waals surface area contributed by atoms with E-state index in [9.17, 15) is 4.39 Å². The first kappa shape index (κ1) is 15.9. The van der Waals surface area contributed by atoms with Gasteiger partial charge in [0.15, 0.2) is 5.96 Å². The third kappa shape index (κ3) is 2.41. The molecular formula is C19H26FN3O. The van der Waals surface area contributed by atoms with Crippen molar-refractivity contribution in [2.75, 3.05) is 20.7 Å². The molecule has 5 heteroatoms. The van der Waals surface area contributed by atoms with Gasteiger partial charge in [-0.15, -0.1) is 0 Å². The van der Waals surface area contributed by atoms with Gasteiger partial charge in [-0.3, -0.25) is 4.99 Å². The molecule has 3 unspecified atom stereocenters. The van der Waals surface area contributed by atoms with E-state index in [1.807, 2.05) is 26.2 Å². The normalized spacial score (nSPS) is 30.5.